The van der Waals surface area contributed by atoms with Crippen molar-refractivity contribution < 1.29 is 9.21 Å². The Morgan fingerprint density at radius 1 is 1.12 bits per heavy atom. The van der Waals surface area contributed by atoms with Crippen molar-refractivity contribution >= 4 is 16.7 Å². The summed E-state index contributed by atoms with van der Waals surface area (Å²) in [5.41, 5.74) is 0.0775. The standard InChI is InChI=1S/C19H21N3O3/c1-12(2)22-18(23)15-9-6-5-8-14(15)17(20-22)19(24)21(4)13(3)16-10-7-11-25-16/h5-13H,1-4H3. The zero-order chi connectivity index (χ0) is 18.1. The summed E-state index contributed by atoms with van der Waals surface area (Å²) in [6.45, 7) is 5.62. The van der Waals surface area contributed by atoms with Gasteiger partial charge >= 0.3 is 0 Å². The second kappa shape index (κ2) is 6.55. The van der Waals surface area contributed by atoms with Crippen LogP contribution in [0.4, 0.5) is 0 Å². The molecule has 3 aromatic rings. The first-order valence-corrected chi connectivity index (χ1v) is 8.24. The van der Waals surface area contributed by atoms with Crippen LogP contribution in [-0.4, -0.2) is 27.6 Å². The first-order chi connectivity index (χ1) is 11.9. The van der Waals surface area contributed by atoms with Crippen molar-refractivity contribution in [2.45, 2.75) is 32.9 Å². The molecule has 3 rings (SSSR count). The van der Waals surface area contributed by atoms with Gasteiger partial charge in [-0.15, -0.1) is 0 Å². The zero-order valence-corrected chi connectivity index (χ0v) is 14.8. The van der Waals surface area contributed by atoms with Gasteiger partial charge in [-0.05, 0) is 39.0 Å². The molecule has 0 aliphatic heterocycles. The topological polar surface area (TPSA) is 68.3 Å². The Balaban J connectivity index is 2.12. The molecule has 0 saturated carbocycles. The molecule has 1 aromatic carbocycles. The van der Waals surface area contributed by atoms with Crippen molar-refractivity contribution in [2.75, 3.05) is 7.05 Å². The lowest BCUT2D eigenvalue weighted by Crippen LogP contribution is -2.34. The van der Waals surface area contributed by atoms with E-state index in [-0.39, 0.29) is 29.2 Å². The van der Waals surface area contributed by atoms with E-state index < -0.39 is 0 Å². The van der Waals surface area contributed by atoms with Gasteiger partial charge in [0.05, 0.1) is 23.7 Å². The number of carbonyl (C=O) groups excluding carboxylic acids is 1. The zero-order valence-electron chi connectivity index (χ0n) is 14.8. The van der Waals surface area contributed by atoms with Crippen LogP contribution in [0.25, 0.3) is 10.8 Å². The van der Waals surface area contributed by atoms with E-state index in [1.165, 1.54) is 4.68 Å². The van der Waals surface area contributed by atoms with Crippen LogP contribution in [0.5, 0.6) is 0 Å². The molecular weight excluding hydrogens is 318 g/mol. The Labute approximate surface area is 145 Å². The lowest BCUT2D eigenvalue weighted by molar-refractivity contribution is 0.0719. The summed E-state index contributed by atoms with van der Waals surface area (Å²) >= 11 is 0. The van der Waals surface area contributed by atoms with E-state index in [9.17, 15) is 9.59 Å². The largest absolute Gasteiger partial charge is 0.467 e. The van der Waals surface area contributed by atoms with Crippen LogP contribution >= 0.6 is 0 Å². The summed E-state index contributed by atoms with van der Waals surface area (Å²) < 4.78 is 6.76. The first kappa shape index (κ1) is 17.0. The molecule has 25 heavy (non-hydrogen) atoms. The van der Waals surface area contributed by atoms with Gasteiger partial charge in [-0.3, -0.25) is 9.59 Å². The summed E-state index contributed by atoms with van der Waals surface area (Å²) in [6.07, 6.45) is 1.58. The Kier molecular flexibility index (Phi) is 4.44. The van der Waals surface area contributed by atoms with Crippen molar-refractivity contribution in [3.8, 4) is 0 Å². The third kappa shape index (κ3) is 2.95. The maximum absolute atomic E-state index is 13.1. The number of amides is 1. The molecule has 2 aromatic heterocycles. The highest BCUT2D eigenvalue weighted by Gasteiger charge is 2.25. The smallest absolute Gasteiger partial charge is 0.275 e. The molecule has 2 heterocycles. The molecule has 130 valence electrons. The third-order valence-electron chi connectivity index (χ3n) is 4.38. The van der Waals surface area contributed by atoms with Gasteiger partial charge in [-0.2, -0.15) is 5.10 Å². The number of fused-ring (bicyclic) bond motifs is 1. The van der Waals surface area contributed by atoms with E-state index in [1.807, 2.05) is 26.8 Å². The normalized spacial score (nSPS) is 12.5. The summed E-state index contributed by atoms with van der Waals surface area (Å²) in [7, 11) is 1.71. The summed E-state index contributed by atoms with van der Waals surface area (Å²) in [5.74, 6) is 0.437. The molecule has 0 N–H and O–H groups in total. The quantitative estimate of drug-likeness (QED) is 0.730. The van der Waals surface area contributed by atoms with Crippen LogP contribution in [0.3, 0.4) is 0 Å². The fourth-order valence-electron chi connectivity index (χ4n) is 2.78. The van der Waals surface area contributed by atoms with Crippen LogP contribution in [0.2, 0.25) is 0 Å². The van der Waals surface area contributed by atoms with Crippen molar-refractivity contribution in [1.82, 2.24) is 14.7 Å². The average molecular weight is 339 g/mol. The van der Waals surface area contributed by atoms with E-state index >= 15 is 0 Å². The number of hydrogen-bond donors (Lipinski definition) is 0. The van der Waals surface area contributed by atoms with Crippen molar-refractivity contribution in [2.24, 2.45) is 0 Å². The van der Waals surface area contributed by atoms with Gasteiger partial charge in [-0.25, -0.2) is 4.68 Å². The minimum Gasteiger partial charge on any atom is -0.467 e. The van der Waals surface area contributed by atoms with Gasteiger partial charge in [0.25, 0.3) is 11.5 Å². The molecule has 0 fully saturated rings. The highest BCUT2D eigenvalue weighted by Crippen LogP contribution is 2.23. The lowest BCUT2D eigenvalue weighted by atomic mass is 10.1. The van der Waals surface area contributed by atoms with Gasteiger partial charge in [0.1, 0.15) is 5.76 Å². The third-order valence-corrected chi connectivity index (χ3v) is 4.38. The second-order valence-corrected chi connectivity index (χ2v) is 6.35. The summed E-state index contributed by atoms with van der Waals surface area (Å²) in [6, 6.07) is 10.3. The lowest BCUT2D eigenvalue weighted by Gasteiger charge is -2.24. The molecule has 0 aliphatic carbocycles. The van der Waals surface area contributed by atoms with Gasteiger partial charge < -0.3 is 9.32 Å². The minimum absolute atomic E-state index is 0.142. The van der Waals surface area contributed by atoms with E-state index in [0.29, 0.717) is 16.5 Å². The van der Waals surface area contributed by atoms with E-state index in [4.69, 9.17) is 4.42 Å². The molecule has 0 aliphatic rings. The number of rotatable bonds is 4. The molecule has 6 nitrogen and oxygen atoms in total. The number of carbonyl (C=O) groups is 1. The molecule has 0 bridgehead atoms. The molecule has 1 atom stereocenters. The molecule has 0 radical (unpaired) electrons. The summed E-state index contributed by atoms with van der Waals surface area (Å²) in [5, 5.41) is 5.42. The second-order valence-electron chi connectivity index (χ2n) is 6.35. The van der Waals surface area contributed by atoms with Gasteiger partial charge in [0, 0.05) is 12.4 Å². The van der Waals surface area contributed by atoms with Crippen LogP contribution in [0, 0.1) is 0 Å². The molecular formula is C19H21N3O3. The predicted octanol–water partition coefficient (Wildman–Crippen LogP) is 3.40. The highest BCUT2D eigenvalue weighted by atomic mass is 16.3. The fraction of sp³-hybridized carbons (Fsp3) is 0.316. The van der Waals surface area contributed by atoms with Crippen molar-refractivity contribution in [1.29, 1.82) is 0 Å². The monoisotopic (exact) mass is 339 g/mol. The number of nitrogens with zero attached hydrogens (tertiary/aromatic N) is 3. The average Bonchev–Trinajstić information content (AvgIpc) is 3.14. The molecule has 1 unspecified atom stereocenters. The van der Waals surface area contributed by atoms with Crippen LogP contribution < -0.4 is 5.56 Å². The van der Waals surface area contributed by atoms with E-state index in [2.05, 4.69) is 5.10 Å². The Hall–Kier alpha value is -2.89. The van der Waals surface area contributed by atoms with Crippen molar-refractivity contribution in [3.05, 3.63) is 64.5 Å². The Morgan fingerprint density at radius 3 is 2.40 bits per heavy atom. The fourth-order valence-corrected chi connectivity index (χ4v) is 2.78. The van der Waals surface area contributed by atoms with Crippen LogP contribution in [-0.2, 0) is 0 Å². The van der Waals surface area contributed by atoms with Gasteiger partial charge in [0.2, 0.25) is 0 Å². The highest BCUT2D eigenvalue weighted by molar-refractivity contribution is 6.04. The number of furan rings is 1. The minimum atomic E-state index is -0.255. The summed E-state index contributed by atoms with van der Waals surface area (Å²) in [4.78, 5) is 27.3. The molecule has 6 heteroatoms. The van der Waals surface area contributed by atoms with E-state index in [0.717, 1.165) is 0 Å². The number of benzene rings is 1. The van der Waals surface area contributed by atoms with Crippen LogP contribution in [0.15, 0.2) is 51.9 Å². The maximum atomic E-state index is 13.1. The van der Waals surface area contributed by atoms with Crippen LogP contribution in [0.1, 0.15) is 49.1 Å². The maximum Gasteiger partial charge on any atom is 0.275 e. The SMILES string of the molecule is CC(c1ccco1)N(C)C(=O)c1nn(C(C)C)c(=O)c2ccccc12. The van der Waals surface area contributed by atoms with Gasteiger partial charge in [-0.1, -0.05) is 18.2 Å². The Bertz CT molecular complexity index is 958. The molecule has 0 spiro atoms. The molecule has 0 saturated heterocycles. The number of hydrogen-bond acceptors (Lipinski definition) is 4. The van der Waals surface area contributed by atoms with E-state index in [1.54, 1.807) is 48.5 Å². The first-order valence-electron chi connectivity index (χ1n) is 8.24. The van der Waals surface area contributed by atoms with Gasteiger partial charge in [0.15, 0.2) is 5.69 Å². The Morgan fingerprint density at radius 2 is 1.80 bits per heavy atom. The molecule has 1 amide bonds. The van der Waals surface area contributed by atoms with Crippen molar-refractivity contribution in [3.63, 3.8) is 0 Å². The predicted molar refractivity (Wildman–Crippen MR) is 95.6 cm³/mol. The number of aromatic nitrogens is 2.